The number of nitrogens with two attached hydrogens (primary N) is 2. The summed E-state index contributed by atoms with van der Waals surface area (Å²) in [6, 6.07) is 0. The minimum absolute atomic E-state index is 0.0801. The summed E-state index contributed by atoms with van der Waals surface area (Å²) < 4.78 is 1.51. The van der Waals surface area contributed by atoms with Crippen molar-refractivity contribution in [3.8, 4) is 0 Å². The topological polar surface area (TPSA) is 140 Å². The van der Waals surface area contributed by atoms with Crippen LogP contribution in [0, 0.1) is 0 Å². The van der Waals surface area contributed by atoms with E-state index in [9.17, 15) is 9.90 Å². The highest BCUT2D eigenvalue weighted by Crippen LogP contribution is 2.23. The van der Waals surface area contributed by atoms with Crippen molar-refractivity contribution in [3.63, 3.8) is 0 Å². The van der Waals surface area contributed by atoms with Gasteiger partial charge in [-0.2, -0.15) is 0 Å². The van der Waals surface area contributed by atoms with E-state index in [1.807, 2.05) is 0 Å². The quantitative estimate of drug-likeness (QED) is 0.519. The van der Waals surface area contributed by atoms with Gasteiger partial charge in [-0.05, 0) is 0 Å². The first-order chi connectivity index (χ1) is 8.54. The molecule has 18 heavy (non-hydrogen) atoms. The van der Waals surface area contributed by atoms with Gasteiger partial charge in [-0.25, -0.2) is 9.97 Å². The molecule has 6 N–H and O–H groups in total. The van der Waals surface area contributed by atoms with Crippen molar-refractivity contribution in [1.29, 1.82) is 0 Å². The van der Waals surface area contributed by atoms with Crippen molar-refractivity contribution in [3.05, 3.63) is 18.1 Å². The molecule has 2 rings (SSSR count). The summed E-state index contributed by atoms with van der Waals surface area (Å²) in [5.41, 5.74) is 11.5. The summed E-state index contributed by atoms with van der Waals surface area (Å²) in [5, 5.41) is 18.6. The molecule has 0 aliphatic heterocycles. The second-order valence-corrected chi connectivity index (χ2v) is 3.85. The van der Waals surface area contributed by atoms with Gasteiger partial charge in [0.15, 0.2) is 0 Å². The Morgan fingerprint density at radius 2 is 2.22 bits per heavy atom. The van der Waals surface area contributed by atoms with Gasteiger partial charge in [0.2, 0.25) is 0 Å². The fourth-order valence-corrected chi connectivity index (χ4v) is 1.76. The summed E-state index contributed by atoms with van der Waals surface area (Å²) >= 11 is 0. The third-order valence-corrected chi connectivity index (χ3v) is 2.57. The number of nitrogens with zero attached hydrogens (tertiary/aromatic N) is 3. The second kappa shape index (κ2) is 4.59. The van der Waals surface area contributed by atoms with Gasteiger partial charge in [-0.1, -0.05) is 0 Å². The number of aliphatic hydroxyl groups excluding tert-OH is 2. The number of fused-ring (bicyclic) bond motifs is 1. The molecule has 1 atom stereocenters. The van der Waals surface area contributed by atoms with Crippen LogP contribution >= 0.6 is 0 Å². The Balaban J connectivity index is 2.61. The molecule has 0 saturated heterocycles. The van der Waals surface area contributed by atoms with Crippen LogP contribution in [0.25, 0.3) is 11.0 Å². The average Bonchev–Trinajstić information content (AvgIpc) is 2.70. The largest absolute Gasteiger partial charge is 0.394 e. The first kappa shape index (κ1) is 12.3. The molecule has 96 valence electrons. The van der Waals surface area contributed by atoms with Crippen molar-refractivity contribution >= 4 is 22.8 Å². The Hall–Kier alpha value is -2.19. The minimum atomic E-state index is -0.961. The van der Waals surface area contributed by atoms with Crippen molar-refractivity contribution in [2.45, 2.75) is 12.6 Å². The van der Waals surface area contributed by atoms with Gasteiger partial charge >= 0.3 is 0 Å². The maximum absolute atomic E-state index is 11.3. The molecule has 0 radical (unpaired) electrons. The zero-order chi connectivity index (χ0) is 13.3. The van der Waals surface area contributed by atoms with Crippen LogP contribution < -0.4 is 11.5 Å². The molecule has 0 aliphatic rings. The lowest BCUT2D eigenvalue weighted by Gasteiger charge is -2.08. The highest BCUT2D eigenvalue weighted by atomic mass is 16.3. The Morgan fingerprint density at radius 3 is 2.83 bits per heavy atom. The molecular weight excluding hydrogens is 238 g/mol. The molecule has 8 nitrogen and oxygen atoms in total. The molecule has 0 fully saturated rings. The molecule has 0 spiro atoms. The fourth-order valence-electron chi connectivity index (χ4n) is 1.76. The Labute approximate surface area is 102 Å². The van der Waals surface area contributed by atoms with Crippen molar-refractivity contribution < 1.29 is 15.0 Å². The minimum Gasteiger partial charge on any atom is -0.394 e. The lowest BCUT2D eigenvalue weighted by molar-refractivity contribution is 0.0820. The van der Waals surface area contributed by atoms with Gasteiger partial charge in [-0.15, -0.1) is 0 Å². The SMILES string of the molecule is NC(=O)c1cn(CC(O)CO)c2ncnc(N)c12. The molecule has 0 aromatic carbocycles. The number of hydrogen-bond donors (Lipinski definition) is 4. The standard InChI is InChI=1S/C10H13N5O3/c11-8-7-6(9(12)18)2-15(1-5(17)3-16)10(7)14-4-13-8/h2,4-5,16-17H,1,3H2,(H2,12,18)(H2,11,13,14). The van der Waals surface area contributed by atoms with E-state index >= 15 is 0 Å². The van der Waals surface area contributed by atoms with Crippen LogP contribution in [-0.2, 0) is 6.54 Å². The number of carbonyl (C=O) groups is 1. The third-order valence-electron chi connectivity index (χ3n) is 2.57. The van der Waals surface area contributed by atoms with Crippen LogP contribution in [0.2, 0.25) is 0 Å². The molecule has 0 aliphatic carbocycles. The highest BCUT2D eigenvalue weighted by molar-refractivity contribution is 6.08. The number of aromatic nitrogens is 3. The molecule has 2 heterocycles. The van der Waals surface area contributed by atoms with E-state index < -0.39 is 18.6 Å². The number of rotatable bonds is 4. The smallest absolute Gasteiger partial charge is 0.251 e. The number of aliphatic hydroxyl groups is 2. The zero-order valence-corrected chi connectivity index (χ0v) is 9.45. The molecule has 2 aromatic rings. The van der Waals surface area contributed by atoms with E-state index in [0.29, 0.717) is 11.0 Å². The average molecular weight is 251 g/mol. The summed E-state index contributed by atoms with van der Waals surface area (Å²) in [4.78, 5) is 19.1. The predicted molar refractivity (Wildman–Crippen MR) is 63.6 cm³/mol. The maximum atomic E-state index is 11.3. The number of amides is 1. The number of hydrogen-bond acceptors (Lipinski definition) is 6. The molecule has 2 aromatic heterocycles. The predicted octanol–water partition coefficient (Wildman–Crippen LogP) is -1.53. The molecular formula is C10H13N5O3. The third kappa shape index (κ3) is 1.98. The van der Waals surface area contributed by atoms with Gasteiger partial charge in [0, 0.05) is 6.20 Å². The van der Waals surface area contributed by atoms with Crippen molar-refractivity contribution in [2.75, 3.05) is 12.3 Å². The van der Waals surface area contributed by atoms with E-state index in [1.165, 1.54) is 17.1 Å². The van der Waals surface area contributed by atoms with Crippen LogP contribution in [0.5, 0.6) is 0 Å². The highest BCUT2D eigenvalue weighted by Gasteiger charge is 2.18. The van der Waals surface area contributed by atoms with Gasteiger partial charge < -0.3 is 26.2 Å². The lowest BCUT2D eigenvalue weighted by atomic mass is 10.2. The number of nitrogen functional groups attached to an aromatic ring is 1. The van der Waals surface area contributed by atoms with E-state index in [-0.39, 0.29) is 17.9 Å². The van der Waals surface area contributed by atoms with Crippen LogP contribution in [0.1, 0.15) is 10.4 Å². The summed E-state index contributed by atoms with van der Waals surface area (Å²) in [6.07, 6.45) is 1.73. The molecule has 0 bridgehead atoms. The summed E-state index contributed by atoms with van der Waals surface area (Å²) in [5.74, 6) is -0.509. The van der Waals surface area contributed by atoms with E-state index in [1.54, 1.807) is 0 Å². The molecule has 0 saturated carbocycles. The summed E-state index contributed by atoms with van der Waals surface area (Å²) in [7, 11) is 0. The van der Waals surface area contributed by atoms with Crippen LogP contribution in [-0.4, -0.2) is 43.4 Å². The first-order valence-electron chi connectivity index (χ1n) is 5.22. The Morgan fingerprint density at radius 1 is 1.50 bits per heavy atom. The van der Waals surface area contributed by atoms with E-state index in [2.05, 4.69) is 9.97 Å². The second-order valence-electron chi connectivity index (χ2n) is 3.85. The van der Waals surface area contributed by atoms with Crippen molar-refractivity contribution in [1.82, 2.24) is 14.5 Å². The van der Waals surface area contributed by atoms with E-state index in [0.717, 1.165) is 0 Å². The number of primary amides is 1. The molecule has 8 heteroatoms. The normalized spacial score (nSPS) is 12.8. The number of anilines is 1. The van der Waals surface area contributed by atoms with Gasteiger partial charge in [0.05, 0.1) is 30.2 Å². The monoisotopic (exact) mass is 251 g/mol. The summed E-state index contributed by atoms with van der Waals surface area (Å²) in [6.45, 7) is -0.317. The van der Waals surface area contributed by atoms with Crippen LogP contribution in [0.3, 0.4) is 0 Å². The maximum Gasteiger partial charge on any atom is 0.251 e. The van der Waals surface area contributed by atoms with Crippen LogP contribution in [0.15, 0.2) is 12.5 Å². The van der Waals surface area contributed by atoms with E-state index in [4.69, 9.17) is 16.6 Å². The molecule has 1 unspecified atom stereocenters. The van der Waals surface area contributed by atoms with Gasteiger partial charge in [0.1, 0.15) is 17.8 Å². The molecule has 1 amide bonds. The number of carbonyl (C=O) groups excluding carboxylic acids is 1. The Kier molecular flexibility index (Phi) is 3.13. The van der Waals surface area contributed by atoms with Gasteiger partial charge in [-0.3, -0.25) is 4.79 Å². The van der Waals surface area contributed by atoms with Crippen molar-refractivity contribution in [2.24, 2.45) is 5.73 Å². The lowest BCUT2D eigenvalue weighted by Crippen LogP contribution is -2.19. The zero-order valence-electron chi connectivity index (χ0n) is 9.45. The fraction of sp³-hybridized carbons (Fsp3) is 0.300. The van der Waals surface area contributed by atoms with Crippen LogP contribution in [0.4, 0.5) is 5.82 Å². The first-order valence-corrected chi connectivity index (χ1v) is 5.22. The Bertz CT molecular complexity index is 594. The van der Waals surface area contributed by atoms with Gasteiger partial charge in [0.25, 0.3) is 5.91 Å².